The van der Waals surface area contributed by atoms with Crippen LogP contribution in [0.2, 0.25) is 0 Å². The average Bonchev–Trinajstić information content (AvgIpc) is 2.11. The topological polar surface area (TPSA) is 20.2 Å². The van der Waals surface area contributed by atoms with Crippen LogP contribution >= 0.6 is 0 Å². The van der Waals surface area contributed by atoms with Gasteiger partial charge in [0.1, 0.15) is 5.75 Å². The van der Waals surface area contributed by atoms with Crippen LogP contribution in [0.15, 0.2) is 18.2 Å². The third-order valence-corrected chi connectivity index (χ3v) is 3.56. The zero-order valence-electron chi connectivity index (χ0n) is 13.9. The summed E-state index contributed by atoms with van der Waals surface area (Å²) < 4.78 is 0. The van der Waals surface area contributed by atoms with Gasteiger partial charge in [-0.15, -0.1) is 0 Å². The monoisotopic (exact) mass is 262 g/mol. The molecule has 0 saturated carbocycles. The molecule has 0 saturated heterocycles. The van der Waals surface area contributed by atoms with Crippen LogP contribution < -0.4 is 0 Å². The lowest BCUT2D eigenvalue weighted by atomic mass is 9.71. The molecule has 1 heteroatoms. The Kier molecular flexibility index (Phi) is 4.10. The van der Waals surface area contributed by atoms with E-state index in [1.54, 1.807) is 0 Å². The predicted octanol–water partition coefficient (Wildman–Crippen LogP) is 5.40. The van der Waals surface area contributed by atoms with Gasteiger partial charge in [-0.2, -0.15) is 0 Å². The lowest BCUT2D eigenvalue weighted by Crippen LogP contribution is -2.25. The lowest BCUT2D eigenvalue weighted by molar-refractivity contribution is 0.278. The van der Waals surface area contributed by atoms with Crippen molar-refractivity contribution < 1.29 is 5.11 Å². The summed E-state index contributed by atoms with van der Waals surface area (Å²) in [4.78, 5) is 0. The Bertz CT molecular complexity index is 442. The van der Waals surface area contributed by atoms with Crippen LogP contribution in [0.1, 0.15) is 72.9 Å². The Morgan fingerprint density at radius 1 is 0.895 bits per heavy atom. The Hall–Kier alpha value is -0.980. The standard InChI is InChI=1S/C18H30O/c1-16(2,3)12-18(7,8)14-11-13(17(4,5)6)9-10-15(14)19/h9-11,19H,12H2,1-8H3. The second-order valence-corrected chi connectivity index (χ2v) is 8.60. The van der Waals surface area contributed by atoms with E-state index < -0.39 is 0 Å². The van der Waals surface area contributed by atoms with Gasteiger partial charge in [-0.05, 0) is 39.9 Å². The summed E-state index contributed by atoms with van der Waals surface area (Å²) in [5.74, 6) is 0.419. The number of rotatable bonds is 2. The minimum absolute atomic E-state index is 0.0242. The van der Waals surface area contributed by atoms with Crippen molar-refractivity contribution >= 4 is 0 Å². The van der Waals surface area contributed by atoms with Crippen LogP contribution in [0.3, 0.4) is 0 Å². The molecule has 1 aromatic carbocycles. The zero-order chi connectivity index (χ0) is 15.1. The highest BCUT2D eigenvalue weighted by atomic mass is 16.3. The Labute approximate surface area is 119 Å². The molecule has 19 heavy (non-hydrogen) atoms. The first-order valence-corrected chi connectivity index (χ1v) is 7.17. The third-order valence-electron chi connectivity index (χ3n) is 3.56. The van der Waals surface area contributed by atoms with Crippen molar-refractivity contribution in [3.8, 4) is 5.75 Å². The third kappa shape index (κ3) is 4.26. The number of hydrogen-bond donors (Lipinski definition) is 1. The number of phenols is 1. The number of aromatic hydroxyl groups is 1. The molecule has 1 N–H and O–H groups in total. The molecule has 0 unspecified atom stereocenters. The van der Waals surface area contributed by atoms with Crippen LogP contribution in [-0.2, 0) is 10.8 Å². The summed E-state index contributed by atoms with van der Waals surface area (Å²) in [5, 5.41) is 10.2. The fraction of sp³-hybridized carbons (Fsp3) is 0.667. The van der Waals surface area contributed by atoms with E-state index in [2.05, 4.69) is 61.5 Å². The van der Waals surface area contributed by atoms with Gasteiger partial charge in [0.25, 0.3) is 0 Å². The first-order chi connectivity index (χ1) is 8.33. The smallest absolute Gasteiger partial charge is 0.119 e. The summed E-state index contributed by atoms with van der Waals surface area (Å²) in [5.41, 5.74) is 2.68. The van der Waals surface area contributed by atoms with Crippen molar-refractivity contribution in [2.75, 3.05) is 0 Å². The van der Waals surface area contributed by atoms with Gasteiger partial charge in [-0.25, -0.2) is 0 Å². The van der Waals surface area contributed by atoms with Crippen LogP contribution in [0.4, 0.5) is 0 Å². The van der Waals surface area contributed by atoms with Crippen LogP contribution in [0, 0.1) is 5.41 Å². The summed E-state index contributed by atoms with van der Waals surface area (Å²) in [6, 6.07) is 6.06. The van der Waals surface area contributed by atoms with Gasteiger partial charge in [-0.1, -0.05) is 67.5 Å². The molecular formula is C18H30O. The van der Waals surface area contributed by atoms with Crippen molar-refractivity contribution in [1.82, 2.24) is 0 Å². The normalized spacial score (nSPS) is 13.7. The van der Waals surface area contributed by atoms with E-state index in [4.69, 9.17) is 0 Å². The van der Waals surface area contributed by atoms with Gasteiger partial charge >= 0.3 is 0 Å². The van der Waals surface area contributed by atoms with Crippen molar-refractivity contribution in [2.45, 2.75) is 72.6 Å². The highest BCUT2D eigenvalue weighted by Crippen LogP contribution is 2.41. The fourth-order valence-corrected chi connectivity index (χ4v) is 2.97. The Balaban J connectivity index is 3.26. The van der Waals surface area contributed by atoms with Gasteiger partial charge in [0.05, 0.1) is 0 Å². The molecule has 0 aliphatic rings. The lowest BCUT2D eigenvalue weighted by Gasteiger charge is -2.34. The zero-order valence-corrected chi connectivity index (χ0v) is 13.9. The first-order valence-electron chi connectivity index (χ1n) is 7.17. The van der Waals surface area contributed by atoms with Crippen molar-refractivity contribution in [1.29, 1.82) is 0 Å². The maximum Gasteiger partial charge on any atom is 0.119 e. The highest BCUT2D eigenvalue weighted by Gasteiger charge is 2.30. The maximum atomic E-state index is 10.2. The van der Waals surface area contributed by atoms with E-state index in [9.17, 15) is 5.11 Å². The number of hydrogen-bond acceptors (Lipinski definition) is 1. The number of benzene rings is 1. The SMILES string of the molecule is CC(C)(C)CC(C)(C)c1cc(C(C)(C)C)ccc1O. The van der Waals surface area contributed by atoms with Crippen LogP contribution in [0.25, 0.3) is 0 Å². The second kappa shape index (κ2) is 4.85. The van der Waals surface area contributed by atoms with E-state index in [-0.39, 0.29) is 16.2 Å². The van der Waals surface area contributed by atoms with Gasteiger partial charge in [-0.3, -0.25) is 0 Å². The van der Waals surface area contributed by atoms with E-state index in [0.29, 0.717) is 5.75 Å². The second-order valence-electron chi connectivity index (χ2n) is 8.60. The van der Waals surface area contributed by atoms with Gasteiger partial charge in [0.2, 0.25) is 0 Å². The molecule has 1 rings (SSSR count). The van der Waals surface area contributed by atoms with Crippen molar-refractivity contribution in [2.24, 2.45) is 5.41 Å². The summed E-state index contributed by atoms with van der Waals surface area (Å²) in [6.07, 6.45) is 1.04. The molecule has 0 atom stereocenters. The summed E-state index contributed by atoms with van der Waals surface area (Å²) in [6.45, 7) is 17.8. The molecule has 0 bridgehead atoms. The molecule has 1 aromatic rings. The van der Waals surface area contributed by atoms with E-state index in [1.807, 2.05) is 12.1 Å². The Morgan fingerprint density at radius 3 is 1.84 bits per heavy atom. The van der Waals surface area contributed by atoms with Gasteiger partial charge < -0.3 is 5.11 Å². The van der Waals surface area contributed by atoms with Crippen LogP contribution in [0.5, 0.6) is 5.75 Å². The maximum absolute atomic E-state index is 10.2. The predicted molar refractivity (Wildman–Crippen MR) is 83.9 cm³/mol. The van der Waals surface area contributed by atoms with E-state index in [0.717, 1.165) is 12.0 Å². The molecule has 0 heterocycles. The van der Waals surface area contributed by atoms with Gasteiger partial charge in [0, 0.05) is 0 Å². The number of phenolic OH excluding ortho intramolecular Hbond substituents is 1. The molecule has 0 amide bonds. The molecule has 0 radical (unpaired) electrons. The van der Waals surface area contributed by atoms with E-state index >= 15 is 0 Å². The molecular weight excluding hydrogens is 232 g/mol. The van der Waals surface area contributed by atoms with Gasteiger partial charge in [0.15, 0.2) is 0 Å². The largest absolute Gasteiger partial charge is 0.508 e. The minimum atomic E-state index is -0.0242. The molecule has 108 valence electrons. The average molecular weight is 262 g/mol. The quantitative estimate of drug-likeness (QED) is 0.756. The molecule has 1 nitrogen and oxygen atoms in total. The van der Waals surface area contributed by atoms with Crippen molar-refractivity contribution in [3.05, 3.63) is 29.3 Å². The first kappa shape index (κ1) is 16.1. The minimum Gasteiger partial charge on any atom is -0.508 e. The molecule has 0 aromatic heterocycles. The van der Waals surface area contributed by atoms with E-state index in [1.165, 1.54) is 5.56 Å². The molecule has 0 aliphatic carbocycles. The van der Waals surface area contributed by atoms with Crippen molar-refractivity contribution in [3.63, 3.8) is 0 Å². The molecule has 0 aliphatic heterocycles. The Morgan fingerprint density at radius 2 is 1.42 bits per heavy atom. The van der Waals surface area contributed by atoms with Crippen LogP contribution in [-0.4, -0.2) is 5.11 Å². The summed E-state index contributed by atoms with van der Waals surface area (Å²) >= 11 is 0. The highest BCUT2D eigenvalue weighted by molar-refractivity contribution is 5.43. The molecule has 0 fully saturated rings. The summed E-state index contributed by atoms with van der Waals surface area (Å²) in [7, 11) is 0. The molecule has 0 spiro atoms. The fourth-order valence-electron chi connectivity index (χ4n) is 2.97.